The van der Waals surface area contributed by atoms with Crippen LogP contribution in [0.2, 0.25) is 0 Å². The van der Waals surface area contributed by atoms with Crippen molar-refractivity contribution in [1.29, 1.82) is 0 Å². The third-order valence-corrected chi connectivity index (χ3v) is 4.46. The molecule has 0 radical (unpaired) electrons. The van der Waals surface area contributed by atoms with Crippen molar-refractivity contribution in [3.8, 4) is 11.5 Å². The molecule has 140 valence electrons. The smallest absolute Gasteiger partial charge is 0.363 e. The van der Waals surface area contributed by atoms with Crippen molar-refractivity contribution in [2.75, 3.05) is 6.61 Å². The van der Waals surface area contributed by atoms with Gasteiger partial charge in [-0.2, -0.15) is 0 Å². The van der Waals surface area contributed by atoms with Crippen LogP contribution in [0, 0.1) is 5.92 Å². The van der Waals surface area contributed by atoms with E-state index in [2.05, 4.69) is 4.99 Å². The Bertz CT molecular complexity index is 912. The summed E-state index contributed by atoms with van der Waals surface area (Å²) in [5.41, 5.74) is 0.888. The number of nitrogens with zero attached hydrogens (tertiary/aromatic N) is 1. The minimum absolute atomic E-state index is 0.202. The Morgan fingerprint density at radius 1 is 1.30 bits per heavy atom. The Hall–Kier alpha value is -2.93. The maximum Gasteiger partial charge on any atom is 0.363 e. The lowest BCUT2D eigenvalue weighted by atomic mass is 10.1. The molecule has 3 rings (SSSR count). The van der Waals surface area contributed by atoms with E-state index in [9.17, 15) is 9.59 Å². The van der Waals surface area contributed by atoms with Crippen molar-refractivity contribution in [1.82, 2.24) is 0 Å². The third-order valence-electron chi connectivity index (χ3n) is 3.61. The molecule has 1 aliphatic rings. The van der Waals surface area contributed by atoms with Crippen molar-refractivity contribution in [3.63, 3.8) is 0 Å². The van der Waals surface area contributed by atoms with Gasteiger partial charge in [-0.05, 0) is 42.1 Å². The number of ether oxygens (including phenoxy) is 3. The summed E-state index contributed by atoms with van der Waals surface area (Å²) in [6, 6.07) is 8.77. The molecular weight excluding hydrogens is 366 g/mol. The van der Waals surface area contributed by atoms with Gasteiger partial charge in [-0.1, -0.05) is 26.0 Å². The van der Waals surface area contributed by atoms with Gasteiger partial charge < -0.3 is 14.2 Å². The first-order valence-corrected chi connectivity index (χ1v) is 9.41. The molecule has 0 saturated heterocycles. The lowest BCUT2D eigenvalue weighted by Gasteiger charge is -2.12. The quantitative estimate of drug-likeness (QED) is 0.426. The summed E-state index contributed by atoms with van der Waals surface area (Å²) >= 11 is 1.45. The van der Waals surface area contributed by atoms with Gasteiger partial charge >= 0.3 is 11.9 Å². The number of aliphatic imine (C=N–C) groups is 1. The lowest BCUT2D eigenvalue weighted by molar-refractivity contribution is -0.138. The summed E-state index contributed by atoms with van der Waals surface area (Å²) in [4.78, 5) is 29.0. The zero-order valence-electron chi connectivity index (χ0n) is 15.2. The molecule has 2 aromatic rings. The highest BCUT2D eigenvalue weighted by molar-refractivity contribution is 7.12. The van der Waals surface area contributed by atoms with Crippen molar-refractivity contribution >= 4 is 35.2 Å². The number of hydrogen-bond acceptors (Lipinski definition) is 7. The van der Waals surface area contributed by atoms with Crippen LogP contribution in [-0.2, 0) is 14.3 Å². The van der Waals surface area contributed by atoms with Gasteiger partial charge in [0.25, 0.3) is 0 Å². The minimum Gasteiger partial charge on any atom is -0.490 e. The van der Waals surface area contributed by atoms with Gasteiger partial charge in [0.2, 0.25) is 5.90 Å². The molecule has 0 spiro atoms. The van der Waals surface area contributed by atoms with Gasteiger partial charge in [-0.3, -0.25) is 4.79 Å². The average molecular weight is 385 g/mol. The zero-order valence-corrected chi connectivity index (χ0v) is 16.0. The number of thiophene rings is 1. The Morgan fingerprint density at radius 2 is 2.11 bits per heavy atom. The van der Waals surface area contributed by atoms with E-state index in [0.29, 0.717) is 29.6 Å². The maximum atomic E-state index is 12.1. The molecule has 0 atom stereocenters. The molecule has 6 nitrogen and oxygen atoms in total. The minimum atomic E-state index is -0.508. The summed E-state index contributed by atoms with van der Waals surface area (Å²) in [5.74, 6) is -0.0317. The van der Waals surface area contributed by atoms with Crippen LogP contribution >= 0.6 is 11.3 Å². The molecule has 0 unspecified atom stereocenters. The van der Waals surface area contributed by atoms with Crippen LogP contribution in [0.3, 0.4) is 0 Å². The van der Waals surface area contributed by atoms with Crippen LogP contribution in [0.5, 0.6) is 11.5 Å². The van der Waals surface area contributed by atoms with Gasteiger partial charge in [0.15, 0.2) is 17.2 Å². The van der Waals surface area contributed by atoms with Gasteiger partial charge in [0.05, 0.1) is 17.4 Å². The highest BCUT2D eigenvalue weighted by Crippen LogP contribution is 2.31. The zero-order chi connectivity index (χ0) is 19.4. The molecule has 1 aromatic carbocycles. The van der Waals surface area contributed by atoms with Gasteiger partial charge in [0, 0.05) is 0 Å². The molecule has 7 heteroatoms. The number of hydrogen-bond donors (Lipinski definition) is 0. The van der Waals surface area contributed by atoms with Crippen molar-refractivity contribution in [2.24, 2.45) is 10.9 Å². The number of carbonyl (C=O) groups excluding carboxylic acids is 2. The van der Waals surface area contributed by atoms with Gasteiger partial charge in [0.1, 0.15) is 0 Å². The molecular formula is C20H19NO5S. The average Bonchev–Trinajstić information content (AvgIpc) is 3.27. The van der Waals surface area contributed by atoms with Crippen LogP contribution in [0.25, 0.3) is 6.08 Å². The first kappa shape index (κ1) is 18.8. The second-order valence-corrected chi connectivity index (χ2v) is 6.98. The fourth-order valence-corrected chi connectivity index (χ4v) is 2.91. The molecule has 1 aromatic heterocycles. The van der Waals surface area contributed by atoms with Crippen LogP contribution in [0.15, 0.2) is 46.4 Å². The number of carbonyl (C=O) groups is 2. The fourth-order valence-electron chi connectivity index (χ4n) is 2.27. The van der Waals surface area contributed by atoms with E-state index in [0.717, 1.165) is 4.88 Å². The second-order valence-electron chi connectivity index (χ2n) is 6.03. The van der Waals surface area contributed by atoms with Gasteiger partial charge in [-0.15, -0.1) is 11.3 Å². The molecule has 0 bridgehead atoms. The summed E-state index contributed by atoms with van der Waals surface area (Å²) in [5, 5.41) is 1.89. The molecule has 1 aliphatic heterocycles. The van der Waals surface area contributed by atoms with E-state index in [1.54, 1.807) is 38.1 Å². The molecule has 0 aliphatic carbocycles. The Kier molecular flexibility index (Phi) is 5.71. The molecule has 0 saturated carbocycles. The molecule has 0 fully saturated rings. The summed E-state index contributed by atoms with van der Waals surface area (Å²) in [6.45, 7) is 5.77. The first-order valence-electron chi connectivity index (χ1n) is 8.53. The number of benzene rings is 1. The molecule has 27 heavy (non-hydrogen) atoms. The SMILES string of the molecule is CCOc1cc(C=C2N=C(c3cccs3)OC2=O)ccc1OC(=O)C(C)C. The summed E-state index contributed by atoms with van der Waals surface area (Å²) < 4.78 is 16.2. The van der Waals surface area contributed by atoms with Crippen LogP contribution < -0.4 is 9.47 Å². The molecule has 0 amide bonds. The van der Waals surface area contributed by atoms with Crippen molar-refractivity contribution in [2.45, 2.75) is 20.8 Å². The predicted octanol–water partition coefficient (Wildman–Crippen LogP) is 4.05. The lowest BCUT2D eigenvalue weighted by Crippen LogP contribution is -2.15. The van der Waals surface area contributed by atoms with E-state index in [-0.39, 0.29) is 17.6 Å². The summed E-state index contributed by atoms with van der Waals surface area (Å²) in [6.07, 6.45) is 1.61. The molecule has 0 N–H and O–H groups in total. The Morgan fingerprint density at radius 3 is 2.78 bits per heavy atom. The Balaban J connectivity index is 1.88. The second kappa shape index (κ2) is 8.18. The van der Waals surface area contributed by atoms with E-state index in [1.165, 1.54) is 11.3 Å². The fraction of sp³-hybridized carbons (Fsp3) is 0.250. The number of esters is 2. The topological polar surface area (TPSA) is 74.2 Å². The highest BCUT2D eigenvalue weighted by atomic mass is 32.1. The van der Waals surface area contributed by atoms with Gasteiger partial charge in [-0.25, -0.2) is 9.79 Å². The summed E-state index contributed by atoms with van der Waals surface area (Å²) in [7, 11) is 0. The van der Waals surface area contributed by atoms with Crippen molar-refractivity contribution < 1.29 is 23.8 Å². The van der Waals surface area contributed by atoms with E-state index in [1.807, 2.05) is 24.4 Å². The molecule has 2 heterocycles. The standard InChI is InChI=1S/C20H19NO5S/c1-4-24-16-11-13(7-8-15(16)25-19(22)12(2)3)10-14-20(23)26-18(21-14)17-6-5-9-27-17/h5-12H,4H2,1-3H3. The first-order chi connectivity index (χ1) is 13.0. The Labute approximate surface area is 161 Å². The maximum absolute atomic E-state index is 12.1. The normalized spacial score (nSPS) is 15.0. The number of rotatable bonds is 6. The monoisotopic (exact) mass is 385 g/mol. The van der Waals surface area contributed by atoms with Crippen LogP contribution in [0.1, 0.15) is 31.2 Å². The third kappa shape index (κ3) is 4.43. The largest absolute Gasteiger partial charge is 0.490 e. The predicted molar refractivity (Wildman–Crippen MR) is 103 cm³/mol. The van der Waals surface area contributed by atoms with Crippen molar-refractivity contribution in [3.05, 3.63) is 51.8 Å². The van der Waals surface area contributed by atoms with E-state index >= 15 is 0 Å². The van der Waals surface area contributed by atoms with E-state index < -0.39 is 5.97 Å². The highest BCUT2D eigenvalue weighted by Gasteiger charge is 2.25. The van der Waals surface area contributed by atoms with Crippen LogP contribution in [0.4, 0.5) is 0 Å². The van der Waals surface area contributed by atoms with E-state index in [4.69, 9.17) is 14.2 Å². The van der Waals surface area contributed by atoms with Crippen LogP contribution in [-0.4, -0.2) is 24.4 Å². The number of cyclic esters (lactones) is 1.